The van der Waals surface area contributed by atoms with Crippen molar-refractivity contribution in [3.8, 4) is 0 Å². The Hall–Kier alpha value is -2.99. The fraction of sp³-hybridized carbons (Fsp3) is 0.560. The smallest absolute Gasteiger partial charge is 0.388 e. The summed E-state index contributed by atoms with van der Waals surface area (Å²) < 4.78 is 53.9. The number of aromatic nitrogens is 2. The van der Waals surface area contributed by atoms with Crippen LogP contribution in [0.1, 0.15) is 45.2 Å². The van der Waals surface area contributed by atoms with Crippen molar-refractivity contribution in [1.82, 2.24) is 14.9 Å². The summed E-state index contributed by atoms with van der Waals surface area (Å²) in [6.07, 6.45) is -2.67. The number of nitrogens with one attached hydrogen (secondary N) is 1. The number of halogens is 4. The van der Waals surface area contributed by atoms with E-state index in [1.165, 1.54) is 18.5 Å². The molecule has 204 valence electrons. The highest BCUT2D eigenvalue weighted by atomic mass is 19.4. The topological polar surface area (TPSA) is 108 Å². The maximum atomic E-state index is 15.4. The minimum Gasteiger partial charge on any atom is -0.388 e. The second kappa shape index (κ2) is 10.8. The third-order valence-corrected chi connectivity index (χ3v) is 7.15. The van der Waals surface area contributed by atoms with Crippen molar-refractivity contribution in [2.24, 2.45) is 11.7 Å². The predicted octanol–water partition coefficient (Wildman–Crippen LogP) is 3.41. The first-order chi connectivity index (χ1) is 17.2. The van der Waals surface area contributed by atoms with Gasteiger partial charge in [0.2, 0.25) is 11.7 Å². The van der Waals surface area contributed by atoms with E-state index in [9.17, 15) is 23.1 Å². The van der Waals surface area contributed by atoms with E-state index >= 15 is 4.39 Å². The largest absolute Gasteiger partial charge is 0.416 e. The summed E-state index contributed by atoms with van der Waals surface area (Å²) in [6.45, 7) is 8.40. The van der Waals surface area contributed by atoms with Gasteiger partial charge in [-0.25, -0.2) is 9.97 Å². The number of amides is 1. The highest BCUT2D eigenvalue weighted by molar-refractivity contribution is 5.83. The van der Waals surface area contributed by atoms with Crippen LogP contribution in [0.3, 0.4) is 0 Å². The third kappa shape index (κ3) is 6.48. The number of anilines is 2. The molecule has 0 unspecified atom stereocenters. The van der Waals surface area contributed by atoms with Gasteiger partial charge in [0.15, 0.2) is 11.6 Å². The Balaban J connectivity index is 1.69. The van der Waals surface area contributed by atoms with Crippen LogP contribution in [0.5, 0.6) is 0 Å². The van der Waals surface area contributed by atoms with E-state index in [-0.39, 0.29) is 37.2 Å². The number of primary amides is 1. The van der Waals surface area contributed by atoms with E-state index < -0.39 is 34.6 Å². The van der Waals surface area contributed by atoms with E-state index in [1.54, 1.807) is 32.6 Å². The molecule has 0 bridgehead atoms. The molecule has 1 aliphatic heterocycles. The summed E-state index contributed by atoms with van der Waals surface area (Å²) in [5, 5.41) is 14.0. The van der Waals surface area contributed by atoms with Crippen LogP contribution in [0.4, 0.5) is 29.2 Å². The Kier molecular flexibility index (Phi) is 8.33. The minimum absolute atomic E-state index is 0.0182. The van der Waals surface area contributed by atoms with Gasteiger partial charge in [0.1, 0.15) is 6.33 Å². The molecule has 3 rings (SSSR count). The number of aliphatic hydroxyl groups is 1. The average Bonchev–Trinajstić information content (AvgIpc) is 2.82. The Morgan fingerprint density at radius 3 is 2.46 bits per heavy atom. The number of nitrogens with two attached hydrogens (primary N) is 1. The molecule has 4 N–H and O–H groups in total. The van der Waals surface area contributed by atoms with Crippen LogP contribution in [0.2, 0.25) is 0 Å². The third-order valence-electron chi connectivity index (χ3n) is 7.15. The monoisotopic (exact) mass is 526 g/mol. The molecule has 1 aromatic carbocycles. The summed E-state index contributed by atoms with van der Waals surface area (Å²) in [6, 6.07) is 4.71. The molecule has 2 aromatic rings. The molecule has 1 aliphatic rings. The highest BCUT2D eigenvalue weighted by Crippen LogP contribution is 2.33. The number of alkyl halides is 3. The van der Waals surface area contributed by atoms with Crippen LogP contribution in [-0.4, -0.2) is 63.2 Å². The first-order valence-electron chi connectivity index (χ1n) is 12.1. The molecule has 2 atom stereocenters. The van der Waals surface area contributed by atoms with Crippen molar-refractivity contribution in [2.75, 3.05) is 36.4 Å². The maximum Gasteiger partial charge on any atom is 0.416 e. The molecule has 0 spiro atoms. The number of likely N-dealkylation sites (tertiary alicyclic amines) is 1. The summed E-state index contributed by atoms with van der Waals surface area (Å²) in [7, 11) is 0. The maximum absolute atomic E-state index is 15.4. The number of rotatable bonds is 9. The van der Waals surface area contributed by atoms with Crippen LogP contribution >= 0.6 is 0 Å². The Bertz CT molecular complexity index is 1090. The number of carbonyl (C=O) groups is 1. The van der Waals surface area contributed by atoms with Crippen molar-refractivity contribution in [2.45, 2.75) is 58.0 Å². The SMILES string of the molecule is CCN(Cc1ccc(C(F)(F)F)cc1)c1ncnc(NC[C@@H]2CCN(C(C)(C)C(N)=O)C[C@]2(C)O)c1F. The van der Waals surface area contributed by atoms with Crippen LogP contribution in [0.15, 0.2) is 30.6 Å². The van der Waals surface area contributed by atoms with E-state index in [0.29, 0.717) is 25.1 Å². The lowest BCUT2D eigenvalue weighted by Gasteiger charge is -2.48. The molecule has 0 aliphatic carbocycles. The van der Waals surface area contributed by atoms with Gasteiger partial charge in [0.05, 0.1) is 16.7 Å². The van der Waals surface area contributed by atoms with Crippen LogP contribution in [0.25, 0.3) is 0 Å². The zero-order valence-electron chi connectivity index (χ0n) is 21.4. The van der Waals surface area contributed by atoms with Gasteiger partial charge in [0, 0.05) is 32.1 Å². The standard InChI is InChI=1S/C25H34F4N6O2/c1-5-34(13-16-6-8-17(9-7-16)25(27,28)29)21-19(26)20(32-15-33-21)31-12-18-10-11-35(14-24(18,4)37)23(2,3)22(30)36/h6-9,15,18,37H,5,10-14H2,1-4H3,(H2,30,36)(H,31,32,33)/t18-,24-/m0/s1. The minimum atomic E-state index is -4.43. The van der Waals surface area contributed by atoms with Crippen LogP contribution < -0.4 is 16.0 Å². The first kappa shape index (κ1) is 28.6. The fourth-order valence-corrected chi connectivity index (χ4v) is 4.45. The first-order valence-corrected chi connectivity index (χ1v) is 12.1. The molecule has 0 radical (unpaired) electrons. The van der Waals surface area contributed by atoms with E-state index in [2.05, 4.69) is 15.3 Å². The van der Waals surface area contributed by atoms with Crippen molar-refractivity contribution in [3.05, 3.63) is 47.5 Å². The Labute approximate surface area is 213 Å². The Morgan fingerprint density at radius 1 is 1.27 bits per heavy atom. The normalized spacial score (nSPS) is 21.1. The quantitative estimate of drug-likeness (QED) is 0.430. The van der Waals surface area contributed by atoms with Crippen molar-refractivity contribution in [1.29, 1.82) is 0 Å². The van der Waals surface area contributed by atoms with Crippen molar-refractivity contribution in [3.63, 3.8) is 0 Å². The summed E-state index contributed by atoms with van der Waals surface area (Å²) in [5.41, 5.74) is 3.27. The van der Waals surface area contributed by atoms with Crippen LogP contribution in [0, 0.1) is 11.7 Å². The summed E-state index contributed by atoms with van der Waals surface area (Å²) in [5.74, 6) is -1.44. The zero-order chi connectivity index (χ0) is 27.6. The zero-order valence-corrected chi connectivity index (χ0v) is 21.4. The molecular weight excluding hydrogens is 492 g/mol. The van der Waals surface area contributed by atoms with Gasteiger partial charge in [-0.1, -0.05) is 12.1 Å². The van der Waals surface area contributed by atoms with Crippen LogP contribution in [-0.2, 0) is 17.5 Å². The van der Waals surface area contributed by atoms with Crippen molar-refractivity contribution < 1.29 is 27.5 Å². The molecule has 8 nitrogen and oxygen atoms in total. The van der Waals surface area contributed by atoms with Gasteiger partial charge < -0.3 is 21.1 Å². The molecule has 1 saturated heterocycles. The Morgan fingerprint density at radius 2 is 1.92 bits per heavy atom. The number of hydrogen-bond acceptors (Lipinski definition) is 7. The molecule has 1 fully saturated rings. The lowest BCUT2D eigenvalue weighted by Crippen LogP contribution is -2.63. The molecule has 37 heavy (non-hydrogen) atoms. The highest BCUT2D eigenvalue weighted by Gasteiger charge is 2.44. The molecule has 12 heteroatoms. The predicted molar refractivity (Wildman–Crippen MR) is 132 cm³/mol. The lowest BCUT2D eigenvalue weighted by atomic mass is 9.80. The van der Waals surface area contributed by atoms with Gasteiger partial charge in [-0.3, -0.25) is 9.69 Å². The number of β-amino-alcohol motifs (C(OH)–C–C–N with tert-alkyl or cyclic N) is 1. The molecule has 1 aromatic heterocycles. The number of hydrogen-bond donors (Lipinski definition) is 3. The van der Waals surface area contributed by atoms with Gasteiger partial charge in [-0.15, -0.1) is 0 Å². The molecule has 0 saturated carbocycles. The fourth-order valence-electron chi connectivity index (χ4n) is 4.45. The lowest BCUT2D eigenvalue weighted by molar-refractivity contribution is -0.137. The summed E-state index contributed by atoms with van der Waals surface area (Å²) >= 11 is 0. The number of carbonyl (C=O) groups excluding carboxylic acids is 1. The van der Waals surface area contributed by atoms with E-state index in [4.69, 9.17) is 5.73 Å². The van der Waals surface area contributed by atoms with E-state index in [1.807, 2.05) is 4.90 Å². The van der Waals surface area contributed by atoms with E-state index in [0.717, 1.165) is 12.1 Å². The number of nitrogens with zero attached hydrogens (tertiary/aromatic N) is 4. The number of benzene rings is 1. The molecule has 1 amide bonds. The second-order valence-corrected chi connectivity index (χ2v) is 10.1. The van der Waals surface area contributed by atoms with Gasteiger partial charge in [-0.2, -0.15) is 17.6 Å². The van der Waals surface area contributed by atoms with Gasteiger partial charge >= 0.3 is 6.18 Å². The van der Waals surface area contributed by atoms with Crippen molar-refractivity contribution >= 4 is 17.5 Å². The van der Waals surface area contributed by atoms with Gasteiger partial charge in [0.25, 0.3) is 0 Å². The second-order valence-electron chi connectivity index (χ2n) is 10.1. The number of piperidine rings is 1. The summed E-state index contributed by atoms with van der Waals surface area (Å²) in [4.78, 5) is 23.3. The molecule has 2 heterocycles. The van der Waals surface area contributed by atoms with Gasteiger partial charge in [-0.05, 0) is 58.4 Å². The molecular formula is C25H34F4N6O2. The average molecular weight is 527 g/mol.